The Morgan fingerprint density at radius 3 is 2.00 bits per heavy atom. The van der Waals surface area contributed by atoms with E-state index >= 15 is 0 Å². The molecule has 3 aromatic rings. The molecule has 0 saturated carbocycles. The molecular weight excluding hydrogens is 382 g/mol. The van der Waals surface area contributed by atoms with Crippen molar-refractivity contribution in [1.29, 1.82) is 0 Å². The van der Waals surface area contributed by atoms with E-state index < -0.39 is 23.7 Å². The van der Waals surface area contributed by atoms with Crippen molar-refractivity contribution in [3.05, 3.63) is 102 Å². The van der Waals surface area contributed by atoms with Gasteiger partial charge in [0.05, 0.1) is 7.11 Å². The van der Waals surface area contributed by atoms with Crippen LogP contribution >= 0.6 is 0 Å². The number of esters is 1. The van der Waals surface area contributed by atoms with Crippen LogP contribution in [-0.4, -0.2) is 30.8 Å². The van der Waals surface area contributed by atoms with Gasteiger partial charge < -0.3 is 14.8 Å². The molecular formula is C24H21NO5. The molecule has 6 heteroatoms. The van der Waals surface area contributed by atoms with E-state index in [0.29, 0.717) is 11.3 Å². The van der Waals surface area contributed by atoms with Gasteiger partial charge in [0.15, 0.2) is 11.8 Å². The van der Waals surface area contributed by atoms with Gasteiger partial charge in [-0.05, 0) is 29.8 Å². The van der Waals surface area contributed by atoms with Crippen LogP contribution in [0.15, 0.2) is 84.9 Å². The zero-order valence-electron chi connectivity index (χ0n) is 16.4. The maximum Gasteiger partial charge on any atom is 0.337 e. The van der Waals surface area contributed by atoms with E-state index in [1.165, 1.54) is 7.11 Å². The second-order valence-electron chi connectivity index (χ2n) is 6.46. The summed E-state index contributed by atoms with van der Waals surface area (Å²) in [6, 6.07) is 22.3. The zero-order valence-corrected chi connectivity index (χ0v) is 16.4. The molecule has 3 aromatic carbocycles. The fourth-order valence-electron chi connectivity index (χ4n) is 2.77. The molecule has 1 atom stereocenters. The SMILES string of the molecule is COc1ccc(C(=O)NC(C(=O)OCc2ccccc2)C(=O)c2ccccc2)cc1. The van der Waals surface area contributed by atoms with Gasteiger partial charge in [0.2, 0.25) is 0 Å². The Labute approximate surface area is 174 Å². The summed E-state index contributed by atoms with van der Waals surface area (Å²) < 4.78 is 10.4. The lowest BCUT2D eigenvalue weighted by Gasteiger charge is -2.17. The van der Waals surface area contributed by atoms with Crippen molar-refractivity contribution in [3.8, 4) is 5.75 Å². The number of ketones is 1. The standard InChI is InChI=1S/C24H21NO5/c1-29-20-14-12-19(13-15-20)23(27)25-21(22(26)18-10-6-3-7-11-18)24(28)30-16-17-8-4-2-5-9-17/h2-15,21H,16H2,1H3,(H,25,27). The third-order valence-corrected chi connectivity index (χ3v) is 4.41. The second-order valence-corrected chi connectivity index (χ2v) is 6.46. The number of hydrogen-bond acceptors (Lipinski definition) is 5. The molecule has 0 spiro atoms. The number of carbonyl (C=O) groups excluding carboxylic acids is 3. The number of methoxy groups -OCH3 is 1. The summed E-state index contributed by atoms with van der Waals surface area (Å²) in [5.74, 6) is -1.35. The summed E-state index contributed by atoms with van der Waals surface area (Å²) in [6.07, 6.45) is 0. The first-order chi connectivity index (χ1) is 14.6. The summed E-state index contributed by atoms with van der Waals surface area (Å²) in [7, 11) is 1.52. The number of hydrogen-bond donors (Lipinski definition) is 1. The molecule has 0 heterocycles. The molecule has 0 bridgehead atoms. The van der Waals surface area contributed by atoms with Crippen LogP contribution in [-0.2, 0) is 16.1 Å². The Balaban J connectivity index is 1.78. The highest BCUT2D eigenvalue weighted by Gasteiger charge is 2.31. The predicted molar refractivity (Wildman–Crippen MR) is 111 cm³/mol. The minimum atomic E-state index is -1.47. The average Bonchev–Trinajstić information content (AvgIpc) is 2.81. The molecule has 0 aliphatic heterocycles. The average molecular weight is 403 g/mol. The number of ether oxygens (including phenoxy) is 2. The van der Waals surface area contributed by atoms with Gasteiger partial charge in [-0.1, -0.05) is 60.7 Å². The summed E-state index contributed by atoms with van der Waals surface area (Å²) in [5, 5.41) is 2.50. The highest BCUT2D eigenvalue weighted by molar-refractivity contribution is 6.14. The van der Waals surface area contributed by atoms with Crippen LogP contribution in [0.3, 0.4) is 0 Å². The van der Waals surface area contributed by atoms with Crippen molar-refractivity contribution in [3.63, 3.8) is 0 Å². The highest BCUT2D eigenvalue weighted by Crippen LogP contribution is 2.13. The summed E-state index contributed by atoms with van der Waals surface area (Å²) >= 11 is 0. The van der Waals surface area contributed by atoms with Crippen molar-refractivity contribution < 1.29 is 23.9 Å². The Morgan fingerprint density at radius 1 is 0.800 bits per heavy atom. The first kappa shape index (κ1) is 20.8. The predicted octanol–water partition coefficient (Wildman–Crippen LogP) is 3.42. The lowest BCUT2D eigenvalue weighted by atomic mass is 10.0. The summed E-state index contributed by atoms with van der Waals surface area (Å²) in [4.78, 5) is 38.3. The third kappa shape index (κ3) is 5.32. The van der Waals surface area contributed by atoms with Gasteiger partial charge in [-0.15, -0.1) is 0 Å². The van der Waals surface area contributed by atoms with Crippen LogP contribution in [0.2, 0.25) is 0 Å². The van der Waals surface area contributed by atoms with Crippen LogP contribution in [0.4, 0.5) is 0 Å². The molecule has 3 rings (SSSR count). The van der Waals surface area contributed by atoms with Crippen LogP contribution in [0.25, 0.3) is 0 Å². The number of amides is 1. The van der Waals surface area contributed by atoms with Crippen molar-refractivity contribution >= 4 is 17.7 Å². The Hall–Kier alpha value is -3.93. The minimum Gasteiger partial charge on any atom is -0.497 e. The molecule has 1 amide bonds. The van der Waals surface area contributed by atoms with E-state index in [9.17, 15) is 14.4 Å². The number of nitrogens with one attached hydrogen (secondary N) is 1. The van der Waals surface area contributed by atoms with E-state index in [1.807, 2.05) is 18.2 Å². The van der Waals surface area contributed by atoms with Crippen molar-refractivity contribution in [2.75, 3.05) is 7.11 Å². The lowest BCUT2D eigenvalue weighted by Crippen LogP contribution is -2.47. The number of rotatable bonds is 8. The van der Waals surface area contributed by atoms with Gasteiger partial charge in [0, 0.05) is 11.1 Å². The Bertz CT molecular complexity index is 1000. The van der Waals surface area contributed by atoms with Gasteiger partial charge in [-0.25, -0.2) is 4.79 Å². The van der Waals surface area contributed by atoms with E-state index in [1.54, 1.807) is 66.7 Å². The number of carbonyl (C=O) groups is 3. The van der Waals surface area contributed by atoms with E-state index in [0.717, 1.165) is 5.56 Å². The molecule has 0 radical (unpaired) electrons. The fraction of sp³-hybridized carbons (Fsp3) is 0.125. The van der Waals surface area contributed by atoms with Crippen molar-refractivity contribution in [2.45, 2.75) is 12.6 Å². The molecule has 0 aliphatic rings. The maximum atomic E-state index is 12.9. The molecule has 1 unspecified atom stereocenters. The number of Topliss-reactive ketones (excluding diaryl/α,β-unsaturated/α-hetero) is 1. The van der Waals surface area contributed by atoms with Crippen LogP contribution in [0.5, 0.6) is 5.75 Å². The molecule has 0 aromatic heterocycles. The van der Waals surface area contributed by atoms with Gasteiger partial charge >= 0.3 is 5.97 Å². The first-order valence-corrected chi connectivity index (χ1v) is 9.33. The first-order valence-electron chi connectivity index (χ1n) is 9.33. The van der Waals surface area contributed by atoms with Crippen LogP contribution in [0, 0.1) is 0 Å². The van der Waals surface area contributed by atoms with E-state index in [-0.39, 0.29) is 12.2 Å². The maximum absolute atomic E-state index is 12.9. The molecule has 0 saturated heterocycles. The summed E-state index contributed by atoms with van der Waals surface area (Å²) in [5.41, 5.74) is 1.37. The quantitative estimate of drug-likeness (QED) is 0.354. The third-order valence-electron chi connectivity index (χ3n) is 4.41. The number of benzene rings is 3. The Morgan fingerprint density at radius 2 is 1.40 bits per heavy atom. The second kappa shape index (κ2) is 10.0. The van der Waals surface area contributed by atoms with E-state index in [4.69, 9.17) is 9.47 Å². The monoisotopic (exact) mass is 403 g/mol. The minimum absolute atomic E-state index is 0.00332. The Kier molecular flexibility index (Phi) is 6.95. The summed E-state index contributed by atoms with van der Waals surface area (Å²) in [6.45, 7) is -0.00332. The topological polar surface area (TPSA) is 81.7 Å². The molecule has 30 heavy (non-hydrogen) atoms. The van der Waals surface area contributed by atoms with Gasteiger partial charge in [0.25, 0.3) is 5.91 Å². The molecule has 1 N–H and O–H groups in total. The van der Waals surface area contributed by atoms with Crippen LogP contribution < -0.4 is 10.1 Å². The largest absolute Gasteiger partial charge is 0.497 e. The van der Waals surface area contributed by atoms with Crippen molar-refractivity contribution in [2.24, 2.45) is 0 Å². The zero-order chi connectivity index (χ0) is 21.3. The van der Waals surface area contributed by atoms with Gasteiger partial charge in [-0.3, -0.25) is 9.59 Å². The lowest BCUT2D eigenvalue weighted by molar-refractivity contribution is -0.145. The molecule has 0 fully saturated rings. The fourth-order valence-corrected chi connectivity index (χ4v) is 2.77. The van der Waals surface area contributed by atoms with E-state index in [2.05, 4.69) is 5.32 Å². The molecule has 152 valence electrons. The molecule has 0 aliphatic carbocycles. The van der Waals surface area contributed by atoms with Crippen LogP contribution in [0.1, 0.15) is 26.3 Å². The highest BCUT2D eigenvalue weighted by atomic mass is 16.5. The van der Waals surface area contributed by atoms with Gasteiger partial charge in [-0.2, -0.15) is 0 Å². The van der Waals surface area contributed by atoms with Gasteiger partial charge in [0.1, 0.15) is 12.4 Å². The molecule has 6 nitrogen and oxygen atoms in total. The van der Waals surface area contributed by atoms with Crippen molar-refractivity contribution in [1.82, 2.24) is 5.32 Å². The smallest absolute Gasteiger partial charge is 0.337 e. The normalized spacial score (nSPS) is 11.2.